The van der Waals surface area contributed by atoms with Crippen molar-refractivity contribution >= 4 is 0 Å². The molecule has 1 aromatic carbocycles. The maximum atomic E-state index is 8.96. The second-order valence-electron chi connectivity index (χ2n) is 3.63. The molecule has 0 aromatic heterocycles. The lowest BCUT2D eigenvalue weighted by atomic mass is 10.1. The van der Waals surface area contributed by atoms with Gasteiger partial charge in [-0.3, -0.25) is 0 Å². The van der Waals surface area contributed by atoms with E-state index in [1.807, 2.05) is 19.9 Å². The fraction of sp³-hybridized carbons (Fsp3) is 0.417. The maximum Gasteiger partial charge on any atom is 0.137 e. The molecule has 1 heterocycles. The van der Waals surface area contributed by atoms with Crippen molar-refractivity contribution in [3.05, 3.63) is 23.3 Å². The standard InChI is InChI=1S/C12H13NO2/c1-3-14-11-5-9-4-8(2)15-12(9)6-10(11)7-13/h5-6,8H,3-4H2,1-2H3. The van der Waals surface area contributed by atoms with E-state index in [2.05, 4.69) is 6.07 Å². The molecule has 0 saturated heterocycles. The first kappa shape index (κ1) is 9.85. The van der Waals surface area contributed by atoms with E-state index >= 15 is 0 Å². The number of nitrogens with zero attached hydrogens (tertiary/aromatic N) is 1. The zero-order valence-electron chi connectivity index (χ0n) is 8.91. The van der Waals surface area contributed by atoms with Gasteiger partial charge >= 0.3 is 0 Å². The van der Waals surface area contributed by atoms with Crippen molar-refractivity contribution in [2.75, 3.05) is 6.61 Å². The van der Waals surface area contributed by atoms with Crippen LogP contribution in [0.4, 0.5) is 0 Å². The van der Waals surface area contributed by atoms with Gasteiger partial charge in [-0.2, -0.15) is 5.26 Å². The molecule has 0 spiro atoms. The molecule has 3 nitrogen and oxygen atoms in total. The molecule has 1 aliphatic rings. The number of ether oxygens (including phenoxy) is 2. The highest BCUT2D eigenvalue weighted by atomic mass is 16.5. The van der Waals surface area contributed by atoms with Crippen molar-refractivity contribution in [1.82, 2.24) is 0 Å². The van der Waals surface area contributed by atoms with Crippen LogP contribution >= 0.6 is 0 Å². The Bertz CT molecular complexity index is 420. The van der Waals surface area contributed by atoms with Crippen LogP contribution in [0.3, 0.4) is 0 Å². The molecule has 0 aliphatic carbocycles. The Morgan fingerprint density at radius 1 is 1.60 bits per heavy atom. The van der Waals surface area contributed by atoms with E-state index in [1.165, 1.54) is 0 Å². The fourth-order valence-corrected chi connectivity index (χ4v) is 1.80. The third-order valence-electron chi connectivity index (χ3n) is 2.42. The lowest BCUT2D eigenvalue weighted by molar-refractivity contribution is 0.254. The second kappa shape index (κ2) is 3.82. The van der Waals surface area contributed by atoms with Crippen LogP contribution in [0.2, 0.25) is 0 Å². The van der Waals surface area contributed by atoms with E-state index in [4.69, 9.17) is 14.7 Å². The molecule has 3 heteroatoms. The van der Waals surface area contributed by atoms with Crippen LogP contribution in [0.15, 0.2) is 12.1 Å². The Morgan fingerprint density at radius 3 is 3.07 bits per heavy atom. The minimum atomic E-state index is 0.198. The normalized spacial score (nSPS) is 17.8. The number of hydrogen-bond donors (Lipinski definition) is 0. The third-order valence-corrected chi connectivity index (χ3v) is 2.42. The predicted octanol–water partition coefficient (Wildman–Crippen LogP) is 2.28. The third kappa shape index (κ3) is 1.75. The molecule has 0 fully saturated rings. The van der Waals surface area contributed by atoms with E-state index < -0.39 is 0 Å². The molecule has 0 saturated carbocycles. The van der Waals surface area contributed by atoms with Gasteiger partial charge in [0.1, 0.15) is 23.7 Å². The van der Waals surface area contributed by atoms with Crippen LogP contribution in [0.25, 0.3) is 0 Å². The van der Waals surface area contributed by atoms with E-state index in [0.29, 0.717) is 17.9 Å². The van der Waals surface area contributed by atoms with Gasteiger partial charge in [-0.05, 0) is 19.9 Å². The summed E-state index contributed by atoms with van der Waals surface area (Å²) in [6.45, 7) is 4.50. The van der Waals surface area contributed by atoms with Gasteiger partial charge in [0.15, 0.2) is 0 Å². The first-order valence-corrected chi connectivity index (χ1v) is 5.11. The molecule has 0 radical (unpaired) electrons. The SMILES string of the molecule is CCOc1cc2c(cc1C#N)OC(C)C2. The van der Waals surface area contributed by atoms with E-state index in [0.717, 1.165) is 17.7 Å². The topological polar surface area (TPSA) is 42.2 Å². The van der Waals surface area contributed by atoms with Gasteiger partial charge in [-0.1, -0.05) is 0 Å². The number of benzene rings is 1. The van der Waals surface area contributed by atoms with Crippen molar-refractivity contribution in [3.8, 4) is 17.6 Å². The first-order chi connectivity index (χ1) is 7.24. The summed E-state index contributed by atoms with van der Waals surface area (Å²) >= 11 is 0. The van der Waals surface area contributed by atoms with Crippen LogP contribution in [-0.4, -0.2) is 12.7 Å². The molecule has 1 unspecified atom stereocenters. The van der Waals surface area contributed by atoms with Gasteiger partial charge in [0, 0.05) is 18.1 Å². The lowest BCUT2D eigenvalue weighted by Crippen LogP contribution is -2.05. The summed E-state index contributed by atoms with van der Waals surface area (Å²) in [7, 11) is 0. The van der Waals surface area contributed by atoms with Gasteiger partial charge in [0.25, 0.3) is 0 Å². The Kier molecular flexibility index (Phi) is 2.51. The van der Waals surface area contributed by atoms with Crippen molar-refractivity contribution in [1.29, 1.82) is 5.26 Å². The van der Waals surface area contributed by atoms with Crippen LogP contribution in [0.5, 0.6) is 11.5 Å². The molecule has 2 rings (SSSR count). The Hall–Kier alpha value is -1.69. The molecule has 15 heavy (non-hydrogen) atoms. The van der Waals surface area contributed by atoms with Gasteiger partial charge < -0.3 is 9.47 Å². The molecule has 1 aromatic rings. The van der Waals surface area contributed by atoms with Crippen LogP contribution in [-0.2, 0) is 6.42 Å². The van der Waals surface area contributed by atoms with Crippen molar-refractivity contribution in [2.24, 2.45) is 0 Å². The maximum absolute atomic E-state index is 8.96. The van der Waals surface area contributed by atoms with Gasteiger partial charge in [-0.25, -0.2) is 0 Å². The van der Waals surface area contributed by atoms with Crippen LogP contribution < -0.4 is 9.47 Å². The highest BCUT2D eigenvalue weighted by Gasteiger charge is 2.21. The van der Waals surface area contributed by atoms with Crippen molar-refractivity contribution < 1.29 is 9.47 Å². The second-order valence-corrected chi connectivity index (χ2v) is 3.63. The molecule has 0 N–H and O–H groups in total. The van der Waals surface area contributed by atoms with Crippen LogP contribution in [0, 0.1) is 11.3 Å². The van der Waals surface area contributed by atoms with Crippen LogP contribution in [0.1, 0.15) is 25.0 Å². The lowest BCUT2D eigenvalue weighted by Gasteiger charge is -2.07. The minimum absolute atomic E-state index is 0.198. The Labute approximate surface area is 89.2 Å². The van der Waals surface area contributed by atoms with Gasteiger partial charge in [0.2, 0.25) is 0 Å². The summed E-state index contributed by atoms with van der Waals surface area (Å²) < 4.78 is 11.0. The summed E-state index contributed by atoms with van der Waals surface area (Å²) in [5.74, 6) is 1.49. The summed E-state index contributed by atoms with van der Waals surface area (Å²) in [5, 5.41) is 8.96. The number of fused-ring (bicyclic) bond motifs is 1. The highest BCUT2D eigenvalue weighted by molar-refractivity contribution is 5.53. The monoisotopic (exact) mass is 203 g/mol. The molecule has 1 aliphatic heterocycles. The first-order valence-electron chi connectivity index (χ1n) is 5.11. The van der Waals surface area contributed by atoms with Gasteiger partial charge in [0.05, 0.1) is 12.2 Å². The van der Waals surface area contributed by atoms with E-state index in [1.54, 1.807) is 6.07 Å². The van der Waals surface area contributed by atoms with Crippen molar-refractivity contribution in [2.45, 2.75) is 26.4 Å². The van der Waals surface area contributed by atoms with E-state index in [9.17, 15) is 0 Å². The average Bonchev–Trinajstić information content (AvgIpc) is 2.56. The summed E-state index contributed by atoms with van der Waals surface area (Å²) in [6.07, 6.45) is 1.09. The number of hydrogen-bond acceptors (Lipinski definition) is 3. The average molecular weight is 203 g/mol. The Balaban J connectivity index is 2.42. The van der Waals surface area contributed by atoms with Gasteiger partial charge in [-0.15, -0.1) is 0 Å². The number of rotatable bonds is 2. The molecule has 1 atom stereocenters. The highest BCUT2D eigenvalue weighted by Crippen LogP contribution is 2.34. The molecule has 78 valence electrons. The zero-order valence-corrected chi connectivity index (χ0v) is 8.91. The predicted molar refractivity (Wildman–Crippen MR) is 56.1 cm³/mol. The minimum Gasteiger partial charge on any atom is -0.492 e. The summed E-state index contributed by atoms with van der Waals surface area (Å²) in [5.41, 5.74) is 1.68. The molecular weight excluding hydrogens is 190 g/mol. The quantitative estimate of drug-likeness (QED) is 0.740. The fourth-order valence-electron chi connectivity index (χ4n) is 1.80. The largest absolute Gasteiger partial charge is 0.492 e. The smallest absolute Gasteiger partial charge is 0.137 e. The van der Waals surface area contributed by atoms with E-state index in [-0.39, 0.29) is 6.10 Å². The molecule has 0 bridgehead atoms. The molecule has 0 amide bonds. The summed E-state index contributed by atoms with van der Waals surface area (Å²) in [6, 6.07) is 5.81. The molecular formula is C12H13NO2. The van der Waals surface area contributed by atoms with Crippen molar-refractivity contribution in [3.63, 3.8) is 0 Å². The number of nitriles is 1. The Morgan fingerprint density at radius 2 is 2.40 bits per heavy atom. The zero-order chi connectivity index (χ0) is 10.8. The summed E-state index contributed by atoms with van der Waals surface area (Å²) in [4.78, 5) is 0.